The van der Waals surface area contributed by atoms with Gasteiger partial charge in [-0.1, -0.05) is 6.42 Å². The van der Waals surface area contributed by atoms with Crippen molar-refractivity contribution >= 4 is 5.82 Å². The number of alkyl halides is 3. The van der Waals surface area contributed by atoms with Crippen LogP contribution in [-0.2, 0) is 6.18 Å². The van der Waals surface area contributed by atoms with Gasteiger partial charge in [0, 0.05) is 24.8 Å². The summed E-state index contributed by atoms with van der Waals surface area (Å²) in [5.74, 6) is 0.586. The van der Waals surface area contributed by atoms with Crippen LogP contribution in [-0.4, -0.2) is 22.7 Å². The summed E-state index contributed by atoms with van der Waals surface area (Å²) in [7, 11) is 0. The third-order valence-corrected chi connectivity index (χ3v) is 3.32. The maximum absolute atomic E-state index is 12.3. The van der Waals surface area contributed by atoms with Crippen molar-refractivity contribution in [1.82, 2.24) is 4.98 Å². The van der Waals surface area contributed by atoms with Gasteiger partial charge < -0.3 is 10.4 Å². The zero-order chi connectivity index (χ0) is 13.2. The standard InChI is InChI=1S/C12H15F3N2O/c13-12(14,15)9-4-5-11(16-6-9)17-10-3-1-2-8(10)7-18/h4-6,8,10,18H,1-3,7H2,(H,16,17). The smallest absolute Gasteiger partial charge is 0.396 e. The maximum atomic E-state index is 12.3. The van der Waals surface area contributed by atoms with E-state index in [2.05, 4.69) is 10.3 Å². The zero-order valence-electron chi connectivity index (χ0n) is 9.74. The summed E-state index contributed by atoms with van der Waals surface area (Å²) in [6, 6.07) is 2.44. The fourth-order valence-electron chi connectivity index (χ4n) is 2.28. The van der Waals surface area contributed by atoms with Gasteiger partial charge in [0.25, 0.3) is 0 Å². The first-order chi connectivity index (χ1) is 8.50. The lowest BCUT2D eigenvalue weighted by atomic mass is 10.1. The van der Waals surface area contributed by atoms with Gasteiger partial charge in [-0.25, -0.2) is 4.98 Å². The van der Waals surface area contributed by atoms with E-state index < -0.39 is 11.7 Å². The number of hydrogen-bond acceptors (Lipinski definition) is 3. The van der Waals surface area contributed by atoms with E-state index in [4.69, 9.17) is 5.11 Å². The molecule has 2 N–H and O–H groups in total. The molecule has 2 unspecified atom stereocenters. The SMILES string of the molecule is OCC1CCCC1Nc1ccc(C(F)(F)F)cn1. The quantitative estimate of drug-likeness (QED) is 0.878. The minimum Gasteiger partial charge on any atom is -0.396 e. The van der Waals surface area contributed by atoms with E-state index >= 15 is 0 Å². The number of aromatic nitrogens is 1. The first-order valence-corrected chi connectivity index (χ1v) is 5.91. The molecule has 1 heterocycles. The highest BCUT2D eigenvalue weighted by Crippen LogP contribution is 2.30. The molecule has 3 nitrogen and oxygen atoms in total. The highest BCUT2D eigenvalue weighted by molar-refractivity contribution is 5.37. The minimum absolute atomic E-state index is 0.0955. The van der Waals surface area contributed by atoms with E-state index in [1.807, 2.05) is 0 Å². The molecule has 100 valence electrons. The van der Waals surface area contributed by atoms with Crippen LogP contribution in [0.5, 0.6) is 0 Å². The van der Waals surface area contributed by atoms with Crippen LogP contribution in [0.15, 0.2) is 18.3 Å². The van der Waals surface area contributed by atoms with Gasteiger partial charge in [-0.05, 0) is 25.0 Å². The van der Waals surface area contributed by atoms with Gasteiger partial charge in [0.15, 0.2) is 0 Å². The van der Waals surface area contributed by atoms with E-state index in [0.29, 0.717) is 5.82 Å². The van der Waals surface area contributed by atoms with Crippen molar-refractivity contribution in [3.8, 4) is 0 Å². The summed E-state index contributed by atoms with van der Waals surface area (Å²) in [5.41, 5.74) is -0.752. The van der Waals surface area contributed by atoms with E-state index in [-0.39, 0.29) is 18.6 Å². The molecule has 2 atom stereocenters. The van der Waals surface area contributed by atoms with Gasteiger partial charge >= 0.3 is 6.18 Å². The van der Waals surface area contributed by atoms with E-state index in [0.717, 1.165) is 31.5 Å². The first kappa shape index (κ1) is 13.1. The van der Waals surface area contributed by atoms with E-state index in [1.54, 1.807) is 0 Å². The Morgan fingerprint density at radius 2 is 2.11 bits per heavy atom. The molecule has 0 radical (unpaired) electrons. The molecule has 1 aliphatic carbocycles. The van der Waals surface area contributed by atoms with Crippen LogP contribution in [0, 0.1) is 5.92 Å². The predicted molar refractivity (Wildman–Crippen MR) is 61.1 cm³/mol. The molecular weight excluding hydrogens is 245 g/mol. The van der Waals surface area contributed by atoms with E-state index in [1.165, 1.54) is 6.07 Å². The normalized spacial score (nSPS) is 24.2. The minimum atomic E-state index is -4.35. The molecule has 1 aromatic heterocycles. The highest BCUT2D eigenvalue weighted by atomic mass is 19.4. The lowest BCUT2D eigenvalue weighted by Gasteiger charge is -2.19. The Bertz CT molecular complexity index is 391. The molecular formula is C12H15F3N2O. The lowest BCUT2D eigenvalue weighted by Crippen LogP contribution is -2.26. The molecule has 1 aliphatic rings. The van der Waals surface area contributed by atoms with Crippen LogP contribution in [0.4, 0.5) is 19.0 Å². The molecule has 0 saturated heterocycles. The van der Waals surface area contributed by atoms with Gasteiger partial charge in [-0.15, -0.1) is 0 Å². The van der Waals surface area contributed by atoms with Crippen molar-refractivity contribution in [3.63, 3.8) is 0 Å². The van der Waals surface area contributed by atoms with Crippen molar-refractivity contribution < 1.29 is 18.3 Å². The summed E-state index contributed by atoms with van der Waals surface area (Å²) in [4.78, 5) is 3.76. The molecule has 18 heavy (non-hydrogen) atoms. The van der Waals surface area contributed by atoms with Crippen LogP contribution < -0.4 is 5.32 Å². The Kier molecular flexibility index (Phi) is 3.75. The van der Waals surface area contributed by atoms with Crippen molar-refractivity contribution in [2.24, 2.45) is 5.92 Å². The number of hydrogen-bond donors (Lipinski definition) is 2. The molecule has 0 aromatic carbocycles. The van der Waals surface area contributed by atoms with Crippen molar-refractivity contribution in [2.45, 2.75) is 31.5 Å². The summed E-state index contributed by atoms with van der Waals surface area (Å²) >= 11 is 0. The first-order valence-electron chi connectivity index (χ1n) is 5.91. The van der Waals surface area contributed by atoms with Gasteiger partial charge in [0.1, 0.15) is 5.82 Å². The number of anilines is 1. The average Bonchev–Trinajstić information content (AvgIpc) is 2.76. The summed E-state index contributed by atoms with van der Waals surface area (Å²) in [6.07, 6.45) is -0.663. The van der Waals surface area contributed by atoms with Crippen molar-refractivity contribution in [2.75, 3.05) is 11.9 Å². The summed E-state index contributed by atoms with van der Waals surface area (Å²) in [5, 5.41) is 12.2. The molecule has 1 aromatic rings. The number of rotatable bonds is 3. The molecule has 0 aliphatic heterocycles. The zero-order valence-corrected chi connectivity index (χ0v) is 9.74. The second-order valence-electron chi connectivity index (χ2n) is 4.55. The van der Waals surface area contributed by atoms with Crippen LogP contribution in [0.3, 0.4) is 0 Å². The number of nitrogens with one attached hydrogen (secondary N) is 1. The number of halogens is 3. The van der Waals surface area contributed by atoms with Gasteiger partial charge in [-0.2, -0.15) is 13.2 Å². The van der Waals surface area contributed by atoms with Gasteiger partial charge in [0.05, 0.1) is 5.56 Å². The van der Waals surface area contributed by atoms with E-state index in [9.17, 15) is 13.2 Å². The van der Waals surface area contributed by atoms with Crippen LogP contribution in [0.25, 0.3) is 0 Å². The monoisotopic (exact) mass is 260 g/mol. The second kappa shape index (κ2) is 5.14. The molecule has 0 amide bonds. The predicted octanol–water partition coefficient (Wildman–Crippen LogP) is 2.67. The third kappa shape index (κ3) is 2.93. The van der Waals surface area contributed by atoms with Crippen LogP contribution in [0.1, 0.15) is 24.8 Å². The van der Waals surface area contributed by atoms with Crippen LogP contribution >= 0.6 is 0 Å². The van der Waals surface area contributed by atoms with Crippen molar-refractivity contribution in [3.05, 3.63) is 23.9 Å². The Morgan fingerprint density at radius 1 is 1.33 bits per heavy atom. The third-order valence-electron chi connectivity index (χ3n) is 3.32. The van der Waals surface area contributed by atoms with Crippen molar-refractivity contribution in [1.29, 1.82) is 0 Å². The summed E-state index contributed by atoms with van der Waals surface area (Å²) < 4.78 is 37.0. The Balaban J connectivity index is 2.02. The number of aliphatic hydroxyl groups excluding tert-OH is 1. The molecule has 0 spiro atoms. The average molecular weight is 260 g/mol. The Hall–Kier alpha value is -1.30. The van der Waals surface area contributed by atoms with Gasteiger partial charge in [-0.3, -0.25) is 0 Å². The molecule has 1 fully saturated rings. The van der Waals surface area contributed by atoms with Crippen LogP contribution in [0.2, 0.25) is 0 Å². The molecule has 1 saturated carbocycles. The molecule has 2 rings (SSSR count). The topological polar surface area (TPSA) is 45.1 Å². The number of pyridine rings is 1. The molecule has 0 bridgehead atoms. The number of nitrogens with zero attached hydrogens (tertiary/aromatic N) is 1. The lowest BCUT2D eigenvalue weighted by molar-refractivity contribution is -0.137. The second-order valence-corrected chi connectivity index (χ2v) is 4.55. The fraction of sp³-hybridized carbons (Fsp3) is 0.583. The fourth-order valence-corrected chi connectivity index (χ4v) is 2.28. The van der Waals surface area contributed by atoms with Gasteiger partial charge in [0.2, 0.25) is 0 Å². The highest BCUT2D eigenvalue weighted by Gasteiger charge is 2.31. The Labute approximate surface area is 103 Å². The molecule has 6 heteroatoms. The number of aliphatic hydroxyl groups is 1. The maximum Gasteiger partial charge on any atom is 0.417 e. The Morgan fingerprint density at radius 3 is 2.67 bits per heavy atom. The summed E-state index contributed by atoms with van der Waals surface area (Å²) in [6.45, 7) is 0.0955. The largest absolute Gasteiger partial charge is 0.417 e.